The third-order valence-corrected chi connectivity index (χ3v) is 1.78. The molecule has 1 N–H and O–H groups in total. The number of ether oxygens (including phenoxy) is 1. The van der Waals surface area contributed by atoms with Crippen molar-refractivity contribution < 1.29 is 4.74 Å². The molecule has 2 aromatic rings. The highest BCUT2D eigenvalue weighted by molar-refractivity contribution is 5.67. The first-order chi connectivity index (χ1) is 6.90. The van der Waals surface area contributed by atoms with E-state index in [2.05, 4.69) is 32.3 Å². The molecular weight excluding hydrogens is 182 g/mol. The number of hydrogen-bond donors (Lipinski definition) is 1. The molecule has 0 aliphatic carbocycles. The average molecular weight is 193 g/mol. The number of hydrogen-bond acceptors (Lipinski definition) is 5. The third kappa shape index (κ3) is 1.78. The minimum atomic E-state index is 0.361. The van der Waals surface area contributed by atoms with Gasteiger partial charge >= 0.3 is 6.01 Å². The Morgan fingerprint density at radius 3 is 3.21 bits per heavy atom. The van der Waals surface area contributed by atoms with Crippen molar-refractivity contribution in [3.63, 3.8) is 0 Å². The lowest BCUT2D eigenvalue weighted by atomic mass is 10.4. The average Bonchev–Trinajstić information content (AvgIpc) is 2.65. The monoisotopic (exact) mass is 193 g/mol. The van der Waals surface area contributed by atoms with Crippen LogP contribution in [0.25, 0.3) is 11.2 Å². The molecule has 2 rings (SSSR count). The van der Waals surface area contributed by atoms with Crippen LogP contribution in [-0.4, -0.2) is 32.0 Å². The Labute approximate surface area is 80.7 Å². The van der Waals surface area contributed by atoms with Gasteiger partial charge in [-0.1, -0.05) is 13.3 Å². The minimum absolute atomic E-state index is 0.361. The summed E-state index contributed by atoms with van der Waals surface area (Å²) in [7, 11) is 0. The summed E-state index contributed by atoms with van der Waals surface area (Å²) >= 11 is 0. The first-order valence-corrected chi connectivity index (χ1v) is 4.56. The van der Waals surface area contributed by atoms with Gasteiger partial charge in [0.1, 0.15) is 0 Å². The summed E-state index contributed by atoms with van der Waals surface area (Å²) in [6.07, 6.45) is 3.68. The fourth-order valence-corrected chi connectivity index (χ4v) is 1.02. The van der Waals surface area contributed by atoms with Gasteiger partial charge < -0.3 is 4.74 Å². The van der Waals surface area contributed by atoms with Crippen molar-refractivity contribution >= 4 is 11.2 Å². The molecule has 6 nitrogen and oxygen atoms in total. The van der Waals surface area contributed by atoms with Gasteiger partial charge in [0.15, 0.2) is 5.52 Å². The maximum atomic E-state index is 5.32. The lowest BCUT2D eigenvalue weighted by Crippen LogP contribution is -2.00. The van der Waals surface area contributed by atoms with Crippen molar-refractivity contribution in [3.8, 4) is 6.01 Å². The molecule has 0 bridgehead atoms. The number of nitrogens with zero attached hydrogens (tertiary/aromatic N) is 4. The fraction of sp³-hybridized carbons (Fsp3) is 0.500. The zero-order valence-corrected chi connectivity index (χ0v) is 7.90. The van der Waals surface area contributed by atoms with E-state index in [4.69, 9.17) is 4.74 Å². The topological polar surface area (TPSA) is 76.6 Å². The second kappa shape index (κ2) is 3.99. The van der Waals surface area contributed by atoms with Crippen LogP contribution < -0.4 is 4.74 Å². The predicted molar refractivity (Wildman–Crippen MR) is 49.9 cm³/mol. The van der Waals surface area contributed by atoms with E-state index in [1.807, 2.05) is 0 Å². The summed E-state index contributed by atoms with van der Waals surface area (Å²) in [6.45, 7) is 2.74. The van der Waals surface area contributed by atoms with Crippen molar-refractivity contribution in [1.82, 2.24) is 25.4 Å². The summed E-state index contributed by atoms with van der Waals surface area (Å²) in [5.41, 5.74) is 1.18. The molecule has 2 aromatic heterocycles. The van der Waals surface area contributed by atoms with Crippen LogP contribution >= 0.6 is 0 Å². The van der Waals surface area contributed by atoms with E-state index in [1.165, 1.54) is 0 Å². The fourth-order valence-electron chi connectivity index (χ4n) is 1.02. The van der Waals surface area contributed by atoms with Gasteiger partial charge in [-0.25, -0.2) is 4.98 Å². The summed E-state index contributed by atoms with van der Waals surface area (Å²) < 4.78 is 5.32. The van der Waals surface area contributed by atoms with E-state index in [-0.39, 0.29) is 0 Å². The van der Waals surface area contributed by atoms with Crippen LogP contribution in [0, 0.1) is 0 Å². The van der Waals surface area contributed by atoms with Gasteiger partial charge in [-0.2, -0.15) is 15.3 Å². The summed E-state index contributed by atoms with van der Waals surface area (Å²) in [5, 5.41) is 10.2. The highest BCUT2D eigenvalue weighted by Crippen LogP contribution is 2.07. The van der Waals surface area contributed by atoms with Crippen LogP contribution in [0.3, 0.4) is 0 Å². The quantitative estimate of drug-likeness (QED) is 0.731. The normalized spacial score (nSPS) is 10.6. The van der Waals surface area contributed by atoms with E-state index in [9.17, 15) is 0 Å². The smallest absolute Gasteiger partial charge is 0.318 e. The van der Waals surface area contributed by atoms with Gasteiger partial charge in [0.25, 0.3) is 0 Å². The van der Waals surface area contributed by atoms with Crippen LogP contribution in [0.4, 0.5) is 0 Å². The van der Waals surface area contributed by atoms with Crippen LogP contribution in [-0.2, 0) is 0 Å². The highest BCUT2D eigenvalue weighted by Gasteiger charge is 2.02. The predicted octanol–water partition coefficient (Wildman–Crippen LogP) is 0.927. The molecule has 0 aliphatic rings. The van der Waals surface area contributed by atoms with E-state index in [1.54, 1.807) is 6.20 Å². The molecule has 0 saturated carbocycles. The standard InChI is InChI=1S/C8H11N5O/c1-2-3-4-14-8-9-5-6-7(10-8)12-13-11-6/h5H,2-4H2,1H3,(H,9,10,11,12,13). The van der Waals surface area contributed by atoms with E-state index < -0.39 is 0 Å². The molecule has 0 spiro atoms. The number of aromatic amines is 1. The second-order valence-electron chi connectivity index (χ2n) is 2.89. The first-order valence-electron chi connectivity index (χ1n) is 4.56. The van der Waals surface area contributed by atoms with Crippen molar-refractivity contribution in [2.24, 2.45) is 0 Å². The van der Waals surface area contributed by atoms with Crippen LogP contribution in [0.1, 0.15) is 19.8 Å². The van der Waals surface area contributed by atoms with Gasteiger partial charge in [-0.15, -0.1) is 5.10 Å². The second-order valence-corrected chi connectivity index (χ2v) is 2.89. The molecular formula is C8H11N5O. The Morgan fingerprint density at radius 1 is 1.43 bits per heavy atom. The number of fused-ring (bicyclic) bond motifs is 1. The number of rotatable bonds is 4. The molecule has 0 aliphatic heterocycles. The van der Waals surface area contributed by atoms with Gasteiger partial charge in [-0.05, 0) is 6.42 Å². The Kier molecular flexibility index (Phi) is 2.53. The number of H-pyrrole nitrogens is 1. The summed E-state index contributed by atoms with van der Waals surface area (Å²) in [6, 6.07) is 0.361. The molecule has 74 valence electrons. The Morgan fingerprint density at radius 2 is 2.36 bits per heavy atom. The molecule has 2 heterocycles. The Hall–Kier alpha value is -1.72. The zero-order valence-electron chi connectivity index (χ0n) is 7.90. The van der Waals surface area contributed by atoms with Gasteiger partial charge in [0, 0.05) is 0 Å². The number of unbranched alkanes of at least 4 members (excludes halogenated alkanes) is 1. The van der Waals surface area contributed by atoms with Crippen molar-refractivity contribution in [2.75, 3.05) is 6.61 Å². The Balaban J connectivity index is 2.10. The summed E-state index contributed by atoms with van der Waals surface area (Å²) in [4.78, 5) is 8.06. The lowest BCUT2D eigenvalue weighted by molar-refractivity contribution is 0.286. The molecule has 0 saturated heterocycles. The van der Waals surface area contributed by atoms with E-state index >= 15 is 0 Å². The molecule has 0 fully saturated rings. The SMILES string of the molecule is CCCCOc1ncc2n[nH]nc2n1. The molecule has 0 unspecified atom stereocenters. The molecule has 6 heteroatoms. The van der Waals surface area contributed by atoms with E-state index in [0.717, 1.165) is 12.8 Å². The largest absolute Gasteiger partial charge is 0.463 e. The minimum Gasteiger partial charge on any atom is -0.463 e. The summed E-state index contributed by atoms with van der Waals surface area (Å²) in [5.74, 6) is 0. The maximum Gasteiger partial charge on any atom is 0.318 e. The molecule has 0 radical (unpaired) electrons. The van der Waals surface area contributed by atoms with Gasteiger partial charge in [-0.3, -0.25) is 0 Å². The van der Waals surface area contributed by atoms with Crippen LogP contribution in [0.2, 0.25) is 0 Å². The number of nitrogens with one attached hydrogen (secondary N) is 1. The molecule has 14 heavy (non-hydrogen) atoms. The number of aromatic nitrogens is 5. The van der Waals surface area contributed by atoms with E-state index in [0.29, 0.717) is 23.8 Å². The first kappa shape index (κ1) is 8.86. The molecule has 0 aromatic carbocycles. The zero-order chi connectivity index (χ0) is 9.80. The Bertz CT molecular complexity index is 413. The van der Waals surface area contributed by atoms with Gasteiger partial charge in [0.05, 0.1) is 12.8 Å². The van der Waals surface area contributed by atoms with Crippen LogP contribution in [0.15, 0.2) is 6.20 Å². The maximum absolute atomic E-state index is 5.32. The van der Waals surface area contributed by atoms with Crippen molar-refractivity contribution in [3.05, 3.63) is 6.20 Å². The molecule has 0 amide bonds. The van der Waals surface area contributed by atoms with Crippen LogP contribution in [0.5, 0.6) is 6.01 Å². The lowest BCUT2D eigenvalue weighted by Gasteiger charge is -2.00. The molecule has 0 atom stereocenters. The van der Waals surface area contributed by atoms with Crippen molar-refractivity contribution in [2.45, 2.75) is 19.8 Å². The highest BCUT2D eigenvalue weighted by atomic mass is 16.5. The third-order valence-electron chi connectivity index (χ3n) is 1.78. The van der Waals surface area contributed by atoms with Crippen molar-refractivity contribution in [1.29, 1.82) is 0 Å². The van der Waals surface area contributed by atoms with Gasteiger partial charge in [0.2, 0.25) is 5.65 Å².